The summed E-state index contributed by atoms with van der Waals surface area (Å²) >= 11 is 0. The van der Waals surface area contributed by atoms with Crippen molar-refractivity contribution in [3.63, 3.8) is 0 Å². The van der Waals surface area contributed by atoms with Crippen LogP contribution in [-0.4, -0.2) is 29.5 Å². The molecule has 0 aromatic carbocycles. The van der Waals surface area contributed by atoms with Crippen LogP contribution in [0.5, 0.6) is 0 Å². The third-order valence-corrected chi connectivity index (χ3v) is 5.16. The van der Waals surface area contributed by atoms with Crippen molar-refractivity contribution in [3.05, 3.63) is 32.5 Å². The Morgan fingerprint density at radius 3 is 1.52 bits per heavy atom. The molecule has 134 valence electrons. The number of hydrogen-bond acceptors (Lipinski definition) is 3. The fourth-order valence-electron chi connectivity index (χ4n) is 3.56. The molecule has 0 aliphatic carbocycles. The first-order valence-corrected chi connectivity index (χ1v) is 8.47. The molecule has 0 amide bonds. The first kappa shape index (κ1) is 26.5. The molecule has 0 aromatic heterocycles. The van der Waals surface area contributed by atoms with Crippen molar-refractivity contribution in [2.75, 3.05) is 0 Å². The minimum Gasteiger partial charge on any atom is -0.384 e. The Morgan fingerprint density at radius 2 is 1.24 bits per heavy atom. The van der Waals surface area contributed by atoms with E-state index >= 15 is 0 Å². The van der Waals surface area contributed by atoms with Gasteiger partial charge in [0.25, 0.3) is 0 Å². The third-order valence-electron chi connectivity index (χ3n) is 5.16. The van der Waals surface area contributed by atoms with E-state index in [1.807, 2.05) is 0 Å². The van der Waals surface area contributed by atoms with E-state index in [2.05, 4.69) is 52.9 Å². The zero-order chi connectivity index (χ0) is 16.0. The monoisotopic (exact) mass is 568 g/mol. The second-order valence-electron chi connectivity index (χ2n) is 7.36. The van der Waals surface area contributed by atoms with E-state index in [4.69, 9.17) is 9.98 Å². The zero-order valence-corrected chi connectivity index (χ0v) is 22.9. The van der Waals surface area contributed by atoms with E-state index in [1.54, 1.807) is 0 Å². The van der Waals surface area contributed by atoms with Crippen molar-refractivity contribution < 1.29 is 78.6 Å². The van der Waals surface area contributed by atoms with Crippen LogP contribution in [0.1, 0.15) is 33.6 Å². The molecule has 0 spiro atoms. The Morgan fingerprint density at radius 1 is 0.880 bits per heavy atom. The summed E-state index contributed by atoms with van der Waals surface area (Å²) in [6.45, 7) is 18.6. The summed E-state index contributed by atoms with van der Waals surface area (Å²) in [5.74, 6) is 1.46. The molecular weight excluding hydrogens is 544 g/mol. The summed E-state index contributed by atoms with van der Waals surface area (Å²) in [6, 6.07) is 1.18. The van der Waals surface area contributed by atoms with Crippen LogP contribution in [0.2, 0.25) is 0 Å². The molecule has 3 aliphatic rings. The first-order valence-electron chi connectivity index (χ1n) is 8.47. The van der Waals surface area contributed by atoms with Gasteiger partial charge in [-0.2, -0.15) is 0 Å². The Kier molecular flexibility index (Phi) is 11.6. The van der Waals surface area contributed by atoms with E-state index in [-0.39, 0.29) is 78.6 Å². The van der Waals surface area contributed by atoms with Gasteiger partial charge in [-0.05, 0) is 23.2 Å². The van der Waals surface area contributed by atoms with Crippen molar-refractivity contribution in [1.82, 2.24) is 5.32 Å². The Bertz CT molecular complexity index is 462. The molecule has 3 rings (SSSR count). The summed E-state index contributed by atoms with van der Waals surface area (Å²) in [6.07, 6.45) is 4.50. The molecule has 25 heavy (non-hydrogen) atoms. The van der Waals surface area contributed by atoms with Gasteiger partial charge in [0, 0.05) is 97.4 Å². The molecular formula is C19H28N3Zr3-3. The van der Waals surface area contributed by atoms with Crippen molar-refractivity contribution in [1.29, 1.82) is 0 Å². The summed E-state index contributed by atoms with van der Waals surface area (Å²) in [4.78, 5) is 9.70. The Hall–Kier alpha value is 1.53. The number of nitrogens with zero attached hydrogens (tertiary/aromatic N) is 2. The normalized spacial score (nSPS) is 31.1. The fourth-order valence-corrected chi connectivity index (χ4v) is 3.56. The van der Waals surface area contributed by atoms with Crippen LogP contribution in [0.3, 0.4) is 0 Å². The molecule has 6 heteroatoms. The van der Waals surface area contributed by atoms with E-state index in [0.29, 0.717) is 41.8 Å². The molecule has 0 bridgehead atoms. The van der Waals surface area contributed by atoms with Crippen LogP contribution in [0.25, 0.3) is 0 Å². The largest absolute Gasteiger partial charge is 0.384 e. The SMILES string of the molecule is [CH2-]C(C)C1=CC(C(C2CC(C([CH2-])C)=N2)C2CC(C([CH2-])C)=N2)N1.[Zr].[Zr].[Zr]. The van der Waals surface area contributed by atoms with Gasteiger partial charge < -0.3 is 26.1 Å². The predicted molar refractivity (Wildman–Crippen MR) is 93.7 cm³/mol. The maximum atomic E-state index is 4.85. The first-order chi connectivity index (χ1) is 10.4. The maximum Gasteiger partial charge on any atom is 0.0620 e. The van der Waals surface area contributed by atoms with Crippen molar-refractivity contribution in [2.45, 2.75) is 51.7 Å². The van der Waals surface area contributed by atoms with Crippen LogP contribution in [-0.2, 0) is 78.6 Å². The molecule has 0 saturated carbocycles. The fraction of sp³-hybridized carbons (Fsp3) is 0.632. The molecule has 3 aliphatic heterocycles. The Balaban J connectivity index is 0.00000192. The van der Waals surface area contributed by atoms with Gasteiger partial charge in [-0.15, -0.1) is 17.8 Å². The summed E-state index contributed by atoms with van der Waals surface area (Å²) < 4.78 is 0. The number of rotatable bonds is 6. The topological polar surface area (TPSA) is 36.8 Å². The van der Waals surface area contributed by atoms with Crippen LogP contribution < -0.4 is 5.32 Å². The van der Waals surface area contributed by atoms with E-state index in [1.165, 1.54) is 17.1 Å². The van der Waals surface area contributed by atoms with Gasteiger partial charge in [-0.1, -0.05) is 20.8 Å². The van der Waals surface area contributed by atoms with Crippen LogP contribution >= 0.6 is 0 Å². The van der Waals surface area contributed by atoms with Gasteiger partial charge in [0.05, 0.1) is 18.1 Å². The minimum atomic E-state index is 0. The van der Waals surface area contributed by atoms with Crippen LogP contribution in [0.15, 0.2) is 21.8 Å². The summed E-state index contributed by atoms with van der Waals surface area (Å²) in [5, 5.41) is 3.59. The number of nitrogens with one attached hydrogen (secondary N) is 1. The van der Waals surface area contributed by atoms with E-state index in [0.717, 1.165) is 12.8 Å². The smallest absolute Gasteiger partial charge is 0.0620 e. The van der Waals surface area contributed by atoms with Gasteiger partial charge in [-0.25, -0.2) is 0 Å². The third kappa shape index (κ3) is 5.76. The zero-order valence-electron chi connectivity index (χ0n) is 15.5. The predicted octanol–water partition coefficient (Wildman–Crippen LogP) is 3.29. The van der Waals surface area contributed by atoms with Gasteiger partial charge in [0.15, 0.2) is 0 Å². The van der Waals surface area contributed by atoms with Crippen LogP contribution in [0.4, 0.5) is 0 Å². The van der Waals surface area contributed by atoms with E-state index in [9.17, 15) is 0 Å². The summed E-state index contributed by atoms with van der Waals surface area (Å²) in [7, 11) is 0. The molecule has 6 atom stereocenters. The number of allylic oxidation sites excluding steroid dienone is 1. The van der Waals surface area contributed by atoms with Crippen LogP contribution in [0, 0.1) is 44.4 Å². The van der Waals surface area contributed by atoms with Gasteiger partial charge >= 0.3 is 0 Å². The quantitative estimate of drug-likeness (QED) is 0.488. The minimum absolute atomic E-state index is 0. The standard InChI is InChI=1S/C19H28N3.3Zr/c1-10(2)13-7-16(20-13)19(17-8-14(21-17)11(3)4)18-9-15(22-18)12(5)6;;;/h7,10-12,16-20H,1,3,5,8-9H2,2,4,6H3;;;/q-3;;;. The number of hydrogen-bond donors (Lipinski definition) is 1. The molecule has 6 unspecified atom stereocenters. The second-order valence-corrected chi connectivity index (χ2v) is 7.36. The molecule has 3 nitrogen and oxygen atoms in total. The molecule has 0 saturated heterocycles. The maximum absolute atomic E-state index is 4.85. The molecule has 0 radical (unpaired) electrons. The average molecular weight is 572 g/mol. The Labute approximate surface area is 211 Å². The van der Waals surface area contributed by atoms with Crippen molar-refractivity contribution >= 4 is 11.4 Å². The van der Waals surface area contributed by atoms with Gasteiger partial charge in [0.2, 0.25) is 0 Å². The molecule has 1 N–H and O–H groups in total. The van der Waals surface area contributed by atoms with Gasteiger partial charge in [0.1, 0.15) is 0 Å². The average Bonchev–Trinajstić information content (AvgIpc) is 2.19. The molecule has 0 aromatic rings. The second kappa shape index (κ2) is 10.9. The van der Waals surface area contributed by atoms with E-state index < -0.39 is 0 Å². The van der Waals surface area contributed by atoms with Gasteiger partial charge in [-0.3, -0.25) is 9.98 Å². The summed E-state index contributed by atoms with van der Waals surface area (Å²) in [5.41, 5.74) is 3.79. The molecule has 0 fully saturated rings. The van der Waals surface area contributed by atoms with Crippen molar-refractivity contribution in [3.8, 4) is 0 Å². The molecule has 3 heterocycles. The van der Waals surface area contributed by atoms with Crippen molar-refractivity contribution in [2.24, 2.45) is 33.7 Å². The number of aliphatic imine (C=N–C) groups is 2.